The largest absolute Gasteiger partial charge is 0.379 e. The zero-order chi connectivity index (χ0) is 12.2. The SMILES string of the molecule is c1sc(CCN2CCOCC2)nc1CNC1CC1. The Morgan fingerprint density at radius 2 is 2.22 bits per heavy atom. The predicted octanol–water partition coefficient (Wildman–Crippen LogP) is 1.27. The fraction of sp³-hybridized carbons (Fsp3) is 0.769. The van der Waals surface area contributed by atoms with E-state index in [9.17, 15) is 0 Å². The van der Waals surface area contributed by atoms with E-state index < -0.39 is 0 Å². The lowest BCUT2D eigenvalue weighted by Crippen LogP contribution is -2.37. The Labute approximate surface area is 112 Å². The van der Waals surface area contributed by atoms with Crippen LogP contribution in [0.2, 0.25) is 0 Å². The van der Waals surface area contributed by atoms with E-state index in [-0.39, 0.29) is 0 Å². The first-order valence-electron chi connectivity index (χ1n) is 6.87. The van der Waals surface area contributed by atoms with Crippen LogP contribution in [-0.2, 0) is 17.7 Å². The molecule has 18 heavy (non-hydrogen) atoms. The van der Waals surface area contributed by atoms with E-state index in [1.54, 1.807) is 11.3 Å². The lowest BCUT2D eigenvalue weighted by atomic mass is 10.3. The van der Waals surface area contributed by atoms with Gasteiger partial charge in [0.25, 0.3) is 0 Å². The van der Waals surface area contributed by atoms with E-state index in [1.807, 2.05) is 0 Å². The van der Waals surface area contributed by atoms with Crippen LogP contribution in [0.15, 0.2) is 5.38 Å². The first kappa shape index (κ1) is 12.5. The maximum atomic E-state index is 5.35. The molecular weight excluding hydrogens is 246 g/mol. The van der Waals surface area contributed by atoms with E-state index in [0.717, 1.165) is 51.9 Å². The summed E-state index contributed by atoms with van der Waals surface area (Å²) in [5.41, 5.74) is 1.21. The molecule has 2 aliphatic rings. The molecule has 0 spiro atoms. The minimum atomic E-state index is 0.767. The van der Waals surface area contributed by atoms with Crippen molar-refractivity contribution in [2.75, 3.05) is 32.8 Å². The number of nitrogens with one attached hydrogen (secondary N) is 1. The van der Waals surface area contributed by atoms with Gasteiger partial charge in [-0.1, -0.05) is 0 Å². The summed E-state index contributed by atoms with van der Waals surface area (Å²) in [6.07, 6.45) is 3.76. The number of nitrogens with zero attached hydrogens (tertiary/aromatic N) is 2. The summed E-state index contributed by atoms with van der Waals surface area (Å²) in [6, 6.07) is 0.767. The zero-order valence-electron chi connectivity index (χ0n) is 10.7. The van der Waals surface area contributed by atoms with Crippen LogP contribution in [-0.4, -0.2) is 48.8 Å². The fourth-order valence-electron chi connectivity index (χ4n) is 2.16. The number of hydrogen-bond acceptors (Lipinski definition) is 5. The number of hydrogen-bond donors (Lipinski definition) is 1. The van der Waals surface area contributed by atoms with Crippen LogP contribution in [0.3, 0.4) is 0 Å². The van der Waals surface area contributed by atoms with Gasteiger partial charge in [0.05, 0.1) is 23.9 Å². The lowest BCUT2D eigenvalue weighted by molar-refractivity contribution is 0.0384. The van der Waals surface area contributed by atoms with Gasteiger partial charge in [-0.3, -0.25) is 4.90 Å². The molecule has 0 amide bonds. The molecule has 0 unspecified atom stereocenters. The fourth-order valence-corrected chi connectivity index (χ4v) is 2.95. The standard InChI is InChI=1S/C13H21N3OS/c1-2-11(1)14-9-12-10-18-13(15-12)3-4-16-5-7-17-8-6-16/h10-11,14H,1-9H2. The Kier molecular flexibility index (Phi) is 4.25. The second kappa shape index (κ2) is 6.10. The van der Waals surface area contributed by atoms with Crippen LogP contribution >= 0.6 is 11.3 Å². The zero-order valence-corrected chi connectivity index (χ0v) is 11.5. The molecule has 0 atom stereocenters. The van der Waals surface area contributed by atoms with Gasteiger partial charge >= 0.3 is 0 Å². The van der Waals surface area contributed by atoms with Crippen molar-refractivity contribution in [2.24, 2.45) is 0 Å². The predicted molar refractivity (Wildman–Crippen MR) is 72.9 cm³/mol. The van der Waals surface area contributed by atoms with Crippen LogP contribution < -0.4 is 5.32 Å². The van der Waals surface area contributed by atoms with Crippen LogP contribution in [0.25, 0.3) is 0 Å². The van der Waals surface area contributed by atoms with Gasteiger partial charge in [-0.2, -0.15) is 0 Å². The van der Waals surface area contributed by atoms with Gasteiger partial charge in [-0.15, -0.1) is 11.3 Å². The van der Waals surface area contributed by atoms with Crippen molar-refractivity contribution in [3.05, 3.63) is 16.1 Å². The first-order valence-corrected chi connectivity index (χ1v) is 7.75. The molecule has 0 aromatic carbocycles. The highest BCUT2D eigenvalue weighted by atomic mass is 32.1. The second-order valence-corrected chi connectivity index (χ2v) is 6.03. The molecule has 5 heteroatoms. The molecule has 4 nitrogen and oxygen atoms in total. The van der Waals surface area contributed by atoms with Gasteiger partial charge < -0.3 is 10.1 Å². The number of thiazole rings is 1. The van der Waals surface area contributed by atoms with E-state index in [0.29, 0.717) is 0 Å². The number of aromatic nitrogens is 1. The van der Waals surface area contributed by atoms with Gasteiger partial charge in [-0.05, 0) is 12.8 Å². The highest BCUT2D eigenvalue weighted by Crippen LogP contribution is 2.19. The van der Waals surface area contributed by atoms with Crippen molar-refractivity contribution in [1.82, 2.24) is 15.2 Å². The smallest absolute Gasteiger partial charge is 0.0941 e. The van der Waals surface area contributed by atoms with Gasteiger partial charge in [-0.25, -0.2) is 4.98 Å². The van der Waals surface area contributed by atoms with Crippen LogP contribution in [0.4, 0.5) is 0 Å². The number of ether oxygens (including phenoxy) is 1. The minimum Gasteiger partial charge on any atom is -0.379 e. The Morgan fingerprint density at radius 1 is 1.39 bits per heavy atom. The van der Waals surface area contributed by atoms with Crippen molar-refractivity contribution in [3.8, 4) is 0 Å². The van der Waals surface area contributed by atoms with Gasteiger partial charge in [0.2, 0.25) is 0 Å². The van der Waals surface area contributed by atoms with Gasteiger partial charge in [0.1, 0.15) is 0 Å². The van der Waals surface area contributed by atoms with E-state index in [2.05, 4.69) is 15.6 Å². The molecule has 3 rings (SSSR count). The van der Waals surface area contributed by atoms with Crippen LogP contribution in [0.5, 0.6) is 0 Å². The van der Waals surface area contributed by atoms with Gasteiger partial charge in [0.15, 0.2) is 0 Å². The van der Waals surface area contributed by atoms with Crippen molar-refractivity contribution < 1.29 is 4.74 Å². The molecule has 2 fully saturated rings. The molecule has 0 radical (unpaired) electrons. The summed E-state index contributed by atoms with van der Waals surface area (Å²) in [5, 5.41) is 6.98. The molecule has 100 valence electrons. The molecule has 2 heterocycles. The monoisotopic (exact) mass is 267 g/mol. The summed E-state index contributed by atoms with van der Waals surface area (Å²) in [5.74, 6) is 0. The summed E-state index contributed by atoms with van der Waals surface area (Å²) < 4.78 is 5.35. The van der Waals surface area contributed by atoms with Crippen molar-refractivity contribution >= 4 is 11.3 Å². The van der Waals surface area contributed by atoms with Crippen molar-refractivity contribution in [3.63, 3.8) is 0 Å². The number of morpholine rings is 1. The minimum absolute atomic E-state index is 0.767. The van der Waals surface area contributed by atoms with Crippen molar-refractivity contribution in [1.29, 1.82) is 0 Å². The molecule has 1 saturated heterocycles. The molecular formula is C13H21N3OS. The topological polar surface area (TPSA) is 37.4 Å². The maximum Gasteiger partial charge on any atom is 0.0941 e. The molecule has 1 aliphatic carbocycles. The molecule has 1 aliphatic heterocycles. The second-order valence-electron chi connectivity index (χ2n) is 5.09. The summed E-state index contributed by atoms with van der Waals surface area (Å²) in [4.78, 5) is 7.16. The third-order valence-corrected chi connectivity index (χ3v) is 4.45. The molecule has 0 bridgehead atoms. The van der Waals surface area contributed by atoms with Crippen LogP contribution in [0, 0.1) is 0 Å². The van der Waals surface area contributed by atoms with E-state index in [4.69, 9.17) is 9.72 Å². The third kappa shape index (κ3) is 3.75. The molecule has 1 aromatic heterocycles. The molecule has 1 saturated carbocycles. The highest BCUT2D eigenvalue weighted by Gasteiger charge is 2.20. The maximum absolute atomic E-state index is 5.35. The lowest BCUT2D eigenvalue weighted by Gasteiger charge is -2.25. The highest BCUT2D eigenvalue weighted by molar-refractivity contribution is 7.09. The Bertz CT molecular complexity index is 372. The molecule has 1 aromatic rings. The van der Waals surface area contributed by atoms with Crippen LogP contribution in [0.1, 0.15) is 23.5 Å². The van der Waals surface area contributed by atoms with Crippen molar-refractivity contribution in [2.45, 2.75) is 31.8 Å². The van der Waals surface area contributed by atoms with Gasteiger partial charge in [0, 0.05) is 44.0 Å². The summed E-state index contributed by atoms with van der Waals surface area (Å²) >= 11 is 1.80. The summed E-state index contributed by atoms with van der Waals surface area (Å²) in [6.45, 7) is 5.97. The molecule has 1 N–H and O–H groups in total. The number of rotatable bonds is 6. The average Bonchev–Trinajstić information content (AvgIpc) is 3.14. The Morgan fingerprint density at radius 3 is 3.00 bits per heavy atom. The quantitative estimate of drug-likeness (QED) is 0.842. The summed E-state index contributed by atoms with van der Waals surface area (Å²) in [7, 11) is 0. The third-order valence-electron chi connectivity index (χ3n) is 3.49. The average molecular weight is 267 g/mol. The Hall–Kier alpha value is -0.490. The van der Waals surface area contributed by atoms with E-state index in [1.165, 1.54) is 23.5 Å². The Balaban J connectivity index is 1.41. The normalized spacial score (nSPS) is 21.3. The first-order chi connectivity index (χ1) is 8.90. The van der Waals surface area contributed by atoms with E-state index >= 15 is 0 Å².